The molecule has 9 heteroatoms. The minimum absolute atomic E-state index is 0.207. The van der Waals surface area contributed by atoms with Crippen molar-refractivity contribution < 1.29 is 19.4 Å². The largest absolute Gasteiger partial charge is 0.481 e. The highest BCUT2D eigenvalue weighted by Crippen LogP contribution is 2.35. The van der Waals surface area contributed by atoms with Gasteiger partial charge in [-0.3, -0.25) is 9.69 Å². The van der Waals surface area contributed by atoms with Crippen LogP contribution in [0.25, 0.3) is 6.08 Å². The van der Waals surface area contributed by atoms with Crippen LogP contribution < -0.4 is 4.74 Å². The van der Waals surface area contributed by atoms with Crippen LogP contribution in [-0.4, -0.2) is 40.7 Å². The monoisotopic (exact) mass is 480 g/mol. The number of carbonyl (C=O) groups excluding carboxylic acids is 1. The molecule has 1 amide bonds. The number of thioether (sulfide) groups is 1. The van der Waals surface area contributed by atoms with Gasteiger partial charge in [0.15, 0.2) is 11.8 Å². The molecule has 0 radical (unpaired) electrons. The molecule has 1 fully saturated rings. The number of hydrogen-bond donors (Lipinski definition) is 1. The van der Waals surface area contributed by atoms with Crippen LogP contribution in [0.1, 0.15) is 5.56 Å². The first-order valence-corrected chi connectivity index (χ1v) is 9.98. The Balaban J connectivity index is 1.90. The van der Waals surface area contributed by atoms with Gasteiger partial charge in [0.25, 0.3) is 5.91 Å². The zero-order valence-corrected chi connectivity index (χ0v) is 17.7. The molecule has 1 N–H and O–H groups in total. The molecular weight excluding hydrogens is 468 g/mol. The van der Waals surface area contributed by atoms with Crippen LogP contribution in [0, 0.1) is 0 Å². The Morgan fingerprint density at radius 1 is 1.32 bits per heavy atom. The highest BCUT2D eigenvalue weighted by molar-refractivity contribution is 9.10. The lowest BCUT2D eigenvalue weighted by molar-refractivity contribution is -0.139. The summed E-state index contributed by atoms with van der Waals surface area (Å²) < 4.78 is 6.10. The van der Waals surface area contributed by atoms with Gasteiger partial charge in [0, 0.05) is 22.1 Å². The van der Waals surface area contributed by atoms with Gasteiger partial charge in [0.2, 0.25) is 0 Å². The Bertz CT molecular complexity index is 992. The summed E-state index contributed by atoms with van der Waals surface area (Å²) in [6.45, 7) is -0.470. The van der Waals surface area contributed by atoms with Gasteiger partial charge >= 0.3 is 5.97 Å². The van der Waals surface area contributed by atoms with Crippen LogP contribution in [-0.2, 0) is 9.59 Å². The van der Waals surface area contributed by atoms with E-state index in [-0.39, 0.29) is 5.91 Å². The maximum atomic E-state index is 12.6. The number of ether oxygens (including phenoxy) is 1. The van der Waals surface area contributed by atoms with Crippen molar-refractivity contribution in [3.8, 4) is 5.75 Å². The number of aliphatic carboxylic acids is 1. The number of aliphatic imine (C=N–C) groups is 1. The summed E-state index contributed by atoms with van der Waals surface area (Å²) in [7, 11) is 1.65. The molecule has 1 heterocycles. The normalized spacial score (nSPS) is 16.8. The molecule has 0 aliphatic carbocycles. The topological polar surface area (TPSA) is 79.2 Å². The maximum Gasteiger partial charge on any atom is 0.341 e. The Morgan fingerprint density at radius 2 is 2.04 bits per heavy atom. The molecule has 1 aliphatic heterocycles. The van der Waals surface area contributed by atoms with E-state index >= 15 is 0 Å². The number of likely N-dealkylation sites (N-methyl/N-ethyl adjacent to an activating group) is 1. The van der Waals surface area contributed by atoms with Crippen LogP contribution in [0.2, 0.25) is 5.02 Å². The van der Waals surface area contributed by atoms with Crippen molar-refractivity contribution in [3.05, 3.63) is 62.4 Å². The second kappa shape index (κ2) is 8.81. The molecule has 0 unspecified atom stereocenters. The van der Waals surface area contributed by atoms with E-state index in [1.54, 1.807) is 55.6 Å². The number of nitrogens with zero attached hydrogens (tertiary/aromatic N) is 2. The SMILES string of the molecule is CN1C(=O)C(=Cc2cc(Br)ccc2OCC(=O)O)SC1=Nc1ccc(Cl)cc1. The average Bonchev–Trinajstić information content (AvgIpc) is 2.91. The number of hydrogen-bond acceptors (Lipinski definition) is 5. The fraction of sp³-hybridized carbons (Fsp3) is 0.105. The Labute approximate surface area is 179 Å². The summed E-state index contributed by atoms with van der Waals surface area (Å²) >= 11 is 10.5. The molecule has 0 saturated carbocycles. The van der Waals surface area contributed by atoms with Crippen LogP contribution in [0.15, 0.2) is 56.8 Å². The molecule has 3 rings (SSSR count). The quantitative estimate of drug-likeness (QED) is 0.621. The molecule has 1 saturated heterocycles. The number of amides is 1. The van der Waals surface area contributed by atoms with Crippen molar-refractivity contribution in [2.75, 3.05) is 13.7 Å². The van der Waals surface area contributed by atoms with Crippen LogP contribution >= 0.6 is 39.3 Å². The minimum Gasteiger partial charge on any atom is -0.481 e. The summed E-state index contributed by atoms with van der Waals surface area (Å²) in [5, 5.41) is 9.97. The molecule has 0 atom stereocenters. The first kappa shape index (κ1) is 20.4. The van der Waals surface area contributed by atoms with Crippen LogP contribution in [0.4, 0.5) is 5.69 Å². The first-order chi connectivity index (χ1) is 13.3. The third kappa shape index (κ3) is 4.95. The molecular formula is C19H14BrClN2O4S. The summed E-state index contributed by atoms with van der Waals surface area (Å²) in [6, 6.07) is 12.1. The summed E-state index contributed by atoms with van der Waals surface area (Å²) in [4.78, 5) is 29.8. The van der Waals surface area contributed by atoms with Gasteiger partial charge in [-0.05, 0) is 60.3 Å². The second-order valence-corrected chi connectivity index (χ2v) is 8.07. The van der Waals surface area contributed by atoms with Crippen LogP contribution in [0.5, 0.6) is 5.75 Å². The third-order valence-corrected chi connectivity index (χ3v) is 5.47. The van der Waals surface area contributed by atoms with Gasteiger partial charge in [0.1, 0.15) is 5.75 Å². The number of benzene rings is 2. The average molecular weight is 482 g/mol. The molecule has 144 valence electrons. The zero-order valence-electron chi connectivity index (χ0n) is 14.6. The number of halogens is 2. The van der Waals surface area contributed by atoms with Crippen molar-refractivity contribution in [2.45, 2.75) is 0 Å². The summed E-state index contributed by atoms with van der Waals surface area (Å²) in [5.41, 5.74) is 1.27. The van der Waals surface area contributed by atoms with E-state index < -0.39 is 12.6 Å². The number of amidine groups is 1. The van der Waals surface area contributed by atoms with Gasteiger partial charge in [0.05, 0.1) is 10.6 Å². The van der Waals surface area contributed by atoms with E-state index in [1.165, 1.54) is 16.7 Å². The van der Waals surface area contributed by atoms with Gasteiger partial charge in [-0.1, -0.05) is 27.5 Å². The lowest BCUT2D eigenvalue weighted by atomic mass is 10.2. The maximum absolute atomic E-state index is 12.6. The molecule has 1 aliphatic rings. The lowest BCUT2D eigenvalue weighted by Gasteiger charge is -2.08. The van der Waals surface area contributed by atoms with Gasteiger partial charge in [-0.25, -0.2) is 9.79 Å². The highest BCUT2D eigenvalue weighted by atomic mass is 79.9. The molecule has 6 nitrogen and oxygen atoms in total. The molecule has 0 aromatic heterocycles. The van der Waals surface area contributed by atoms with Crippen LogP contribution in [0.3, 0.4) is 0 Å². The van der Waals surface area contributed by atoms with Crippen molar-refractivity contribution in [1.82, 2.24) is 4.90 Å². The predicted octanol–water partition coefficient (Wildman–Crippen LogP) is 4.80. The first-order valence-electron chi connectivity index (χ1n) is 7.99. The summed E-state index contributed by atoms with van der Waals surface area (Å²) in [6.07, 6.45) is 1.66. The zero-order chi connectivity index (χ0) is 20.3. The number of rotatable bonds is 5. The van der Waals surface area contributed by atoms with Gasteiger partial charge in [-0.2, -0.15) is 0 Å². The number of carboxylic acids is 1. The van der Waals surface area contributed by atoms with E-state index in [1.807, 2.05) is 0 Å². The molecule has 0 bridgehead atoms. The van der Waals surface area contributed by atoms with E-state index in [0.29, 0.717) is 32.1 Å². The van der Waals surface area contributed by atoms with Crippen molar-refractivity contribution in [3.63, 3.8) is 0 Å². The Kier molecular flexibility index (Phi) is 6.43. The van der Waals surface area contributed by atoms with Crippen molar-refractivity contribution in [2.24, 2.45) is 4.99 Å². The van der Waals surface area contributed by atoms with E-state index in [4.69, 9.17) is 21.4 Å². The fourth-order valence-corrected chi connectivity index (χ4v) is 3.80. The lowest BCUT2D eigenvalue weighted by Crippen LogP contribution is -2.23. The Hall–Kier alpha value is -2.29. The predicted molar refractivity (Wildman–Crippen MR) is 114 cm³/mol. The molecule has 28 heavy (non-hydrogen) atoms. The van der Waals surface area contributed by atoms with E-state index in [2.05, 4.69) is 20.9 Å². The molecule has 0 spiro atoms. The van der Waals surface area contributed by atoms with Gasteiger partial charge in [-0.15, -0.1) is 0 Å². The molecule has 2 aromatic carbocycles. The third-order valence-electron chi connectivity index (χ3n) is 3.66. The smallest absolute Gasteiger partial charge is 0.341 e. The highest BCUT2D eigenvalue weighted by Gasteiger charge is 2.30. The minimum atomic E-state index is -1.08. The van der Waals surface area contributed by atoms with Crippen molar-refractivity contribution >= 4 is 68.1 Å². The second-order valence-electron chi connectivity index (χ2n) is 5.71. The number of carbonyl (C=O) groups is 2. The van der Waals surface area contributed by atoms with E-state index in [9.17, 15) is 9.59 Å². The van der Waals surface area contributed by atoms with Crippen molar-refractivity contribution in [1.29, 1.82) is 0 Å². The fourth-order valence-electron chi connectivity index (χ4n) is 2.32. The summed E-state index contributed by atoms with van der Waals surface area (Å²) in [5.74, 6) is -0.913. The van der Waals surface area contributed by atoms with Gasteiger partial charge < -0.3 is 9.84 Å². The Morgan fingerprint density at radius 3 is 2.71 bits per heavy atom. The van der Waals surface area contributed by atoms with E-state index in [0.717, 1.165) is 4.47 Å². The standard InChI is InChI=1S/C19H14BrClN2O4S/c1-23-18(26)16(28-19(23)22-14-5-3-13(21)4-6-14)9-11-8-12(20)2-7-15(11)27-10-17(24)25/h2-9H,10H2,1H3,(H,24,25). The number of carboxylic acid groups (broad SMARTS) is 1. The molecule has 2 aromatic rings.